The van der Waals surface area contributed by atoms with Crippen LogP contribution in [0, 0.1) is 0 Å². The number of nitrogens with one attached hydrogen (secondary N) is 1. The number of halogens is 3. The monoisotopic (exact) mass is 672 g/mol. The van der Waals surface area contributed by atoms with E-state index >= 15 is 0 Å². The molecule has 1 N–H and O–H groups in total. The topological polar surface area (TPSA) is 90.0 Å². The van der Waals surface area contributed by atoms with Crippen LogP contribution in [0.25, 0.3) is 0 Å². The van der Waals surface area contributed by atoms with Crippen LogP contribution < -0.4 is 5.32 Å². The Kier molecular flexibility index (Phi) is 12.6. The second kappa shape index (κ2) is 14.4. The normalized spacial score (nSPS) is 18.1. The van der Waals surface area contributed by atoms with Crippen molar-refractivity contribution in [2.45, 2.75) is 9.79 Å². The molecule has 35 heavy (non-hydrogen) atoms. The first-order chi connectivity index (χ1) is 16.4. The van der Waals surface area contributed by atoms with Gasteiger partial charge in [-0.15, -0.1) is 0 Å². The van der Waals surface area contributed by atoms with E-state index in [-0.39, 0.29) is 4.90 Å². The minimum atomic E-state index is -3.57. The summed E-state index contributed by atoms with van der Waals surface area (Å²) >= 11 is 6.48. The number of nitrogens with zero attached hydrogens (tertiary/aromatic N) is 3. The van der Waals surface area contributed by atoms with Gasteiger partial charge in [-0.05, 0) is 62.6 Å². The molecular formula is C22H31Br2ClN4O4S2. The molecule has 2 aliphatic rings. The van der Waals surface area contributed by atoms with E-state index in [0.717, 1.165) is 35.1 Å². The molecule has 0 radical (unpaired) electrons. The van der Waals surface area contributed by atoms with Crippen molar-refractivity contribution in [1.29, 1.82) is 0 Å². The summed E-state index contributed by atoms with van der Waals surface area (Å²) in [6.07, 6.45) is 0. The average Bonchev–Trinajstić information content (AvgIpc) is 2.81. The van der Waals surface area contributed by atoms with Crippen LogP contribution in [0.1, 0.15) is 0 Å². The van der Waals surface area contributed by atoms with E-state index in [4.69, 9.17) is 10.7 Å². The van der Waals surface area contributed by atoms with Gasteiger partial charge in [-0.2, -0.15) is 4.31 Å². The van der Waals surface area contributed by atoms with Crippen molar-refractivity contribution in [3.05, 3.63) is 57.5 Å². The molecule has 2 aromatic rings. The molecule has 0 unspecified atom stereocenters. The maximum Gasteiger partial charge on any atom is 0.261 e. The summed E-state index contributed by atoms with van der Waals surface area (Å²) in [7, 11) is 2.34. The Morgan fingerprint density at radius 3 is 1.46 bits per heavy atom. The molecule has 0 saturated carbocycles. The lowest BCUT2D eigenvalue weighted by atomic mass is 10.4. The Balaban J connectivity index is 0.000000205. The number of rotatable bonds is 3. The highest BCUT2D eigenvalue weighted by atomic mass is 79.9. The predicted octanol–water partition coefficient (Wildman–Crippen LogP) is 3.28. The second-order valence-corrected chi connectivity index (χ2v) is 14.4. The molecule has 8 nitrogen and oxygen atoms in total. The first-order valence-corrected chi connectivity index (χ1v) is 16.3. The van der Waals surface area contributed by atoms with Crippen molar-refractivity contribution in [2.24, 2.45) is 0 Å². The SMILES string of the molecule is CN1CCN(S(=O)(=O)c2ccc(Br)cc2)CC1.CN1CCNCC1.O=S(=O)(Cl)c1ccc(Br)cc1. The van der Waals surface area contributed by atoms with Gasteiger partial charge in [0.15, 0.2) is 0 Å². The van der Waals surface area contributed by atoms with E-state index in [1.807, 2.05) is 7.05 Å². The Labute approximate surface area is 230 Å². The van der Waals surface area contributed by atoms with Crippen molar-refractivity contribution < 1.29 is 16.8 Å². The van der Waals surface area contributed by atoms with Gasteiger partial charge in [-0.25, -0.2) is 16.8 Å². The molecule has 196 valence electrons. The highest BCUT2D eigenvalue weighted by Crippen LogP contribution is 2.20. The van der Waals surface area contributed by atoms with Gasteiger partial charge in [0.2, 0.25) is 10.0 Å². The van der Waals surface area contributed by atoms with Gasteiger partial charge in [0.25, 0.3) is 9.05 Å². The molecule has 0 aromatic heterocycles. The molecule has 4 rings (SSSR count). The van der Waals surface area contributed by atoms with E-state index in [0.29, 0.717) is 18.0 Å². The number of piperazine rings is 2. The van der Waals surface area contributed by atoms with Crippen LogP contribution in [0.15, 0.2) is 67.3 Å². The third kappa shape index (κ3) is 10.7. The predicted molar refractivity (Wildman–Crippen MR) is 148 cm³/mol. The van der Waals surface area contributed by atoms with E-state index in [2.05, 4.69) is 54.0 Å². The quantitative estimate of drug-likeness (QED) is 0.500. The first kappa shape index (κ1) is 30.7. The van der Waals surface area contributed by atoms with Gasteiger partial charge in [0, 0.05) is 72.0 Å². The molecule has 13 heteroatoms. The summed E-state index contributed by atoms with van der Waals surface area (Å²) in [5, 5.41) is 3.27. The number of hydrogen-bond acceptors (Lipinski definition) is 7. The van der Waals surface area contributed by atoms with Crippen LogP contribution in [-0.2, 0) is 19.1 Å². The average molecular weight is 675 g/mol. The standard InChI is InChI=1S/C11H15BrN2O2S.C6H4BrClO2S.C5H12N2/c1-13-6-8-14(9-7-13)17(15,16)11-4-2-10(12)3-5-11;7-5-1-3-6(4-2-5)11(8,9)10;1-7-4-2-6-3-5-7/h2-5H,6-9H2,1H3;1-4H;6H,2-5H2,1H3. The third-order valence-corrected chi connectivity index (χ3v) is 9.69. The fourth-order valence-electron chi connectivity index (χ4n) is 3.16. The fraction of sp³-hybridized carbons (Fsp3) is 0.455. The van der Waals surface area contributed by atoms with E-state index < -0.39 is 19.1 Å². The molecule has 0 aliphatic carbocycles. The molecule has 0 bridgehead atoms. The minimum absolute atomic E-state index is 0.113. The summed E-state index contributed by atoms with van der Waals surface area (Å²) in [6, 6.07) is 12.9. The van der Waals surface area contributed by atoms with E-state index in [1.54, 1.807) is 40.7 Å². The van der Waals surface area contributed by atoms with Crippen molar-refractivity contribution in [1.82, 2.24) is 19.4 Å². The summed E-state index contributed by atoms with van der Waals surface area (Å²) in [4.78, 5) is 4.94. The fourth-order valence-corrected chi connectivity index (χ4v) is 5.88. The number of benzene rings is 2. The summed E-state index contributed by atoms with van der Waals surface area (Å²) in [5.74, 6) is 0. The van der Waals surface area contributed by atoms with Crippen molar-refractivity contribution in [3.8, 4) is 0 Å². The Bertz CT molecular complexity index is 1120. The van der Waals surface area contributed by atoms with Crippen LogP contribution in [0.5, 0.6) is 0 Å². The van der Waals surface area contributed by atoms with Gasteiger partial charge >= 0.3 is 0 Å². The molecule has 0 spiro atoms. The van der Waals surface area contributed by atoms with Gasteiger partial charge < -0.3 is 15.1 Å². The molecular weight excluding hydrogens is 644 g/mol. The number of sulfonamides is 1. The Morgan fingerprint density at radius 1 is 0.686 bits per heavy atom. The van der Waals surface area contributed by atoms with Crippen molar-refractivity contribution >= 4 is 61.6 Å². The second-order valence-electron chi connectivity index (χ2n) is 8.11. The number of hydrogen-bond donors (Lipinski definition) is 1. The molecule has 2 aliphatic heterocycles. The molecule has 2 saturated heterocycles. The first-order valence-electron chi connectivity index (χ1n) is 10.9. The van der Waals surface area contributed by atoms with Gasteiger partial charge in [0.05, 0.1) is 9.79 Å². The van der Waals surface area contributed by atoms with Crippen LogP contribution in [0.3, 0.4) is 0 Å². The summed E-state index contributed by atoms with van der Waals surface area (Å²) in [5.41, 5.74) is 0. The van der Waals surface area contributed by atoms with Crippen LogP contribution in [0.2, 0.25) is 0 Å². The van der Waals surface area contributed by atoms with Crippen molar-refractivity contribution in [2.75, 3.05) is 66.5 Å². The zero-order chi connectivity index (χ0) is 26.1. The van der Waals surface area contributed by atoms with Gasteiger partial charge in [-0.1, -0.05) is 31.9 Å². The molecule has 2 aromatic carbocycles. The van der Waals surface area contributed by atoms with Crippen LogP contribution in [-0.4, -0.2) is 97.4 Å². The van der Waals surface area contributed by atoms with Gasteiger partial charge in [-0.3, -0.25) is 0 Å². The summed E-state index contributed by atoms with van der Waals surface area (Å²) < 4.78 is 49.2. The van der Waals surface area contributed by atoms with Crippen molar-refractivity contribution in [3.63, 3.8) is 0 Å². The van der Waals surface area contributed by atoms with Gasteiger partial charge in [0.1, 0.15) is 0 Å². The van der Waals surface area contributed by atoms with Crippen LogP contribution in [0.4, 0.5) is 0 Å². The smallest absolute Gasteiger partial charge is 0.261 e. The molecule has 0 atom stereocenters. The number of likely N-dealkylation sites (N-methyl/N-ethyl adjacent to an activating group) is 2. The third-order valence-electron chi connectivity index (χ3n) is 5.35. The van der Waals surface area contributed by atoms with E-state index in [1.165, 1.54) is 25.2 Å². The molecule has 2 fully saturated rings. The maximum atomic E-state index is 12.3. The lowest BCUT2D eigenvalue weighted by Gasteiger charge is -2.31. The Hall–Kier alpha value is -0.570. The lowest BCUT2D eigenvalue weighted by molar-refractivity contribution is 0.222. The largest absolute Gasteiger partial charge is 0.314 e. The molecule has 2 heterocycles. The lowest BCUT2D eigenvalue weighted by Crippen LogP contribution is -2.46. The zero-order valence-electron chi connectivity index (χ0n) is 19.7. The minimum Gasteiger partial charge on any atom is -0.314 e. The maximum absolute atomic E-state index is 12.3. The highest BCUT2D eigenvalue weighted by Gasteiger charge is 2.27. The zero-order valence-corrected chi connectivity index (χ0v) is 25.3. The van der Waals surface area contributed by atoms with E-state index in [9.17, 15) is 16.8 Å². The highest BCUT2D eigenvalue weighted by molar-refractivity contribution is 9.10. The molecule has 0 amide bonds. The van der Waals surface area contributed by atoms with Crippen LogP contribution >= 0.6 is 42.5 Å². The Morgan fingerprint density at radius 2 is 1.09 bits per heavy atom. The summed E-state index contributed by atoms with van der Waals surface area (Å²) in [6.45, 7) is 7.45.